The summed E-state index contributed by atoms with van der Waals surface area (Å²) in [7, 11) is 0. The van der Waals surface area contributed by atoms with Crippen molar-refractivity contribution >= 4 is 11.3 Å². The van der Waals surface area contributed by atoms with Gasteiger partial charge in [-0.1, -0.05) is 6.92 Å². The molecular weight excluding hydrogens is 208 g/mol. The topological polar surface area (TPSA) is 34.1 Å². The van der Waals surface area contributed by atoms with E-state index in [1.165, 1.54) is 11.4 Å². The first-order chi connectivity index (χ1) is 7.40. The van der Waals surface area contributed by atoms with E-state index < -0.39 is 0 Å². The largest absolute Gasteiger partial charge is 0.378 e. The third-order valence-electron chi connectivity index (χ3n) is 2.91. The SMILES string of the molecule is CCC1OCCC1CNCc1nccs1. The lowest BCUT2D eigenvalue weighted by Gasteiger charge is -2.16. The highest BCUT2D eigenvalue weighted by molar-refractivity contribution is 7.09. The summed E-state index contributed by atoms with van der Waals surface area (Å²) in [6.07, 6.45) is 4.65. The molecule has 1 aliphatic rings. The molecule has 1 saturated heterocycles. The molecule has 2 unspecified atom stereocenters. The van der Waals surface area contributed by atoms with Gasteiger partial charge in [-0.25, -0.2) is 4.98 Å². The molecule has 1 aliphatic heterocycles. The van der Waals surface area contributed by atoms with Gasteiger partial charge in [0.2, 0.25) is 0 Å². The molecule has 84 valence electrons. The van der Waals surface area contributed by atoms with E-state index in [0.29, 0.717) is 12.0 Å². The van der Waals surface area contributed by atoms with Gasteiger partial charge in [-0.15, -0.1) is 11.3 Å². The monoisotopic (exact) mass is 226 g/mol. The van der Waals surface area contributed by atoms with Crippen molar-refractivity contribution in [2.75, 3.05) is 13.2 Å². The van der Waals surface area contributed by atoms with Gasteiger partial charge in [0.05, 0.1) is 6.10 Å². The van der Waals surface area contributed by atoms with E-state index in [1.807, 2.05) is 11.6 Å². The van der Waals surface area contributed by atoms with Gasteiger partial charge in [0, 0.05) is 31.3 Å². The van der Waals surface area contributed by atoms with Gasteiger partial charge in [-0.05, 0) is 18.8 Å². The summed E-state index contributed by atoms with van der Waals surface area (Å²) >= 11 is 1.71. The summed E-state index contributed by atoms with van der Waals surface area (Å²) in [6.45, 7) is 5.08. The first-order valence-corrected chi connectivity index (χ1v) is 6.48. The minimum atomic E-state index is 0.466. The van der Waals surface area contributed by atoms with E-state index in [1.54, 1.807) is 11.3 Å². The zero-order chi connectivity index (χ0) is 10.5. The van der Waals surface area contributed by atoms with Gasteiger partial charge in [0.25, 0.3) is 0 Å². The molecule has 0 spiro atoms. The number of hydrogen-bond acceptors (Lipinski definition) is 4. The highest BCUT2D eigenvalue weighted by Crippen LogP contribution is 2.22. The van der Waals surface area contributed by atoms with Crippen LogP contribution in [-0.4, -0.2) is 24.2 Å². The van der Waals surface area contributed by atoms with Crippen molar-refractivity contribution < 1.29 is 4.74 Å². The summed E-state index contributed by atoms with van der Waals surface area (Å²) < 4.78 is 5.65. The van der Waals surface area contributed by atoms with Crippen molar-refractivity contribution in [3.05, 3.63) is 16.6 Å². The fourth-order valence-electron chi connectivity index (χ4n) is 2.08. The van der Waals surface area contributed by atoms with Crippen LogP contribution in [0.1, 0.15) is 24.8 Å². The molecule has 2 rings (SSSR count). The van der Waals surface area contributed by atoms with Crippen LogP contribution in [0.15, 0.2) is 11.6 Å². The van der Waals surface area contributed by atoms with Gasteiger partial charge in [0.1, 0.15) is 5.01 Å². The van der Waals surface area contributed by atoms with E-state index >= 15 is 0 Å². The van der Waals surface area contributed by atoms with Crippen molar-refractivity contribution in [1.82, 2.24) is 10.3 Å². The highest BCUT2D eigenvalue weighted by Gasteiger charge is 2.25. The Morgan fingerprint density at radius 1 is 1.67 bits per heavy atom. The molecule has 1 fully saturated rings. The molecule has 4 heteroatoms. The maximum Gasteiger partial charge on any atom is 0.106 e. The molecule has 1 N–H and O–H groups in total. The fraction of sp³-hybridized carbons (Fsp3) is 0.727. The summed E-state index contributed by atoms with van der Waals surface area (Å²) in [5, 5.41) is 6.65. The van der Waals surface area contributed by atoms with Gasteiger partial charge in [0.15, 0.2) is 0 Å². The molecule has 0 aromatic carbocycles. The number of rotatable bonds is 5. The standard InChI is InChI=1S/C11H18N2OS/c1-2-10-9(3-5-14-10)7-12-8-11-13-4-6-15-11/h4,6,9-10,12H,2-3,5,7-8H2,1H3. The van der Waals surface area contributed by atoms with Crippen LogP contribution in [0.2, 0.25) is 0 Å². The molecule has 3 nitrogen and oxygen atoms in total. The van der Waals surface area contributed by atoms with E-state index in [4.69, 9.17) is 4.74 Å². The highest BCUT2D eigenvalue weighted by atomic mass is 32.1. The van der Waals surface area contributed by atoms with Crippen LogP contribution in [-0.2, 0) is 11.3 Å². The normalized spacial score (nSPS) is 25.9. The number of thiazole rings is 1. The molecule has 0 radical (unpaired) electrons. The van der Waals surface area contributed by atoms with Crippen LogP contribution >= 0.6 is 11.3 Å². The Kier molecular flexibility index (Phi) is 4.11. The Hall–Kier alpha value is -0.450. The lowest BCUT2D eigenvalue weighted by atomic mass is 10.00. The molecule has 0 amide bonds. The smallest absolute Gasteiger partial charge is 0.106 e. The minimum Gasteiger partial charge on any atom is -0.378 e. The van der Waals surface area contributed by atoms with Gasteiger partial charge >= 0.3 is 0 Å². The first-order valence-electron chi connectivity index (χ1n) is 5.61. The third-order valence-corrected chi connectivity index (χ3v) is 3.69. The average molecular weight is 226 g/mol. The van der Waals surface area contributed by atoms with Crippen LogP contribution in [0, 0.1) is 5.92 Å². The Morgan fingerprint density at radius 2 is 2.60 bits per heavy atom. The second-order valence-corrected chi connectivity index (χ2v) is 4.90. The van der Waals surface area contributed by atoms with Crippen molar-refractivity contribution in [3.63, 3.8) is 0 Å². The summed E-state index contributed by atoms with van der Waals surface area (Å²) in [4.78, 5) is 4.24. The van der Waals surface area contributed by atoms with Crippen molar-refractivity contribution in [2.24, 2.45) is 5.92 Å². The molecule has 0 bridgehead atoms. The Morgan fingerprint density at radius 3 is 3.33 bits per heavy atom. The first kappa shape index (κ1) is 11.0. The Bertz CT molecular complexity index is 276. The Balaban J connectivity index is 1.69. The van der Waals surface area contributed by atoms with E-state index in [-0.39, 0.29) is 0 Å². The van der Waals surface area contributed by atoms with E-state index in [9.17, 15) is 0 Å². The summed E-state index contributed by atoms with van der Waals surface area (Å²) in [5.74, 6) is 0.690. The van der Waals surface area contributed by atoms with Crippen molar-refractivity contribution in [2.45, 2.75) is 32.4 Å². The number of hydrogen-bond donors (Lipinski definition) is 1. The average Bonchev–Trinajstić information content (AvgIpc) is 2.88. The second kappa shape index (κ2) is 5.58. The Labute approximate surface area is 94.9 Å². The second-order valence-electron chi connectivity index (χ2n) is 3.92. The maximum atomic E-state index is 5.65. The van der Waals surface area contributed by atoms with E-state index in [0.717, 1.165) is 26.1 Å². The lowest BCUT2D eigenvalue weighted by Crippen LogP contribution is -2.27. The van der Waals surface area contributed by atoms with Crippen LogP contribution < -0.4 is 5.32 Å². The predicted molar refractivity (Wildman–Crippen MR) is 62.0 cm³/mol. The summed E-state index contributed by atoms with van der Waals surface area (Å²) in [6, 6.07) is 0. The summed E-state index contributed by atoms with van der Waals surface area (Å²) in [5.41, 5.74) is 0. The van der Waals surface area contributed by atoms with Crippen LogP contribution in [0.4, 0.5) is 0 Å². The predicted octanol–water partition coefficient (Wildman–Crippen LogP) is 2.05. The molecule has 0 saturated carbocycles. The van der Waals surface area contributed by atoms with Crippen LogP contribution in [0.5, 0.6) is 0 Å². The molecule has 2 heterocycles. The van der Waals surface area contributed by atoms with Crippen molar-refractivity contribution in [1.29, 1.82) is 0 Å². The zero-order valence-electron chi connectivity index (χ0n) is 9.11. The van der Waals surface area contributed by atoms with Gasteiger partial charge < -0.3 is 10.1 Å². The van der Waals surface area contributed by atoms with Gasteiger partial charge in [-0.3, -0.25) is 0 Å². The van der Waals surface area contributed by atoms with Gasteiger partial charge in [-0.2, -0.15) is 0 Å². The number of aromatic nitrogens is 1. The molecule has 0 aliphatic carbocycles. The minimum absolute atomic E-state index is 0.466. The lowest BCUT2D eigenvalue weighted by molar-refractivity contribution is 0.0872. The zero-order valence-corrected chi connectivity index (χ0v) is 9.93. The number of nitrogens with zero attached hydrogens (tertiary/aromatic N) is 1. The quantitative estimate of drug-likeness (QED) is 0.834. The van der Waals surface area contributed by atoms with Crippen LogP contribution in [0.25, 0.3) is 0 Å². The van der Waals surface area contributed by atoms with E-state index in [2.05, 4.69) is 17.2 Å². The molecular formula is C11H18N2OS. The molecule has 15 heavy (non-hydrogen) atoms. The molecule has 2 atom stereocenters. The number of ether oxygens (including phenoxy) is 1. The maximum absolute atomic E-state index is 5.65. The number of nitrogens with one attached hydrogen (secondary N) is 1. The van der Waals surface area contributed by atoms with Crippen LogP contribution in [0.3, 0.4) is 0 Å². The fourth-order valence-corrected chi connectivity index (χ4v) is 2.67. The molecule has 1 aromatic heterocycles. The third kappa shape index (κ3) is 3.00. The molecule has 1 aromatic rings. The van der Waals surface area contributed by atoms with Crippen molar-refractivity contribution in [3.8, 4) is 0 Å².